The molecule has 0 atom stereocenters. The Morgan fingerprint density at radius 1 is 1.29 bits per heavy atom. The minimum atomic E-state index is -0.249. The third kappa shape index (κ3) is 1.99. The molecule has 0 unspecified atom stereocenters. The standard InChI is InChI=1S/C11H13NOS/c13-9-11(7-4-8-11)12-14-10-5-2-1-3-6-10/h1-3,5-6,9,12H,4,7-8H2. The molecule has 0 aromatic heterocycles. The number of carbonyl (C=O) groups excluding carboxylic acids is 1. The van der Waals surface area contributed by atoms with Crippen molar-refractivity contribution in [2.45, 2.75) is 29.7 Å². The summed E-state index contributed by atoms with van der Waals surface area (Å²) in [4.78, 5) is 12.0. The maximum Gasteiger partial charge on any atom is 0.140 e. The fourth-order valence-electron chi connectivity index (χ4n) is 1.45. The zero-order valence-corrected chi connectivity index (χ0v) is 8.72. The van der Waals surface area contributed by atoms with Gasteiger partial charge in [0.15, 0.2) is 0 Å². The Hall–Kier alpha value is -0.800. The highest BCUT2D eigenvalue weighted by molar-refractivity contribution is 7.97. The van der Waals surface area contributed by atoms with E-state index in [9.17, 15) is 4.79 Å². The molecule has 1 fully saturated rings. The van der Waals surface area contributed by atoms with Crippen molar-refractivity contribution in [3.05, 3.63) is 30.3 Å². The van der Waals surface area contributed by atoms with Crippen LogP contribution < -0.4 is 4.72 Å². The van der Waals surface area contributed by atoms with E-state index in [4.69, 9.17) is 0 Å². The lowest BCUT2D eigenvalue weighted by Gasteiger charge is -2.36. The molecule has 74 valence electrons. The summed E-state index contributed by atoms with van der Waals surface area (Å²) in [5, 5.41) is 0. The summed E-state index contributed by atoms with van der Waals surface area (Å²) in [7, 11) is 0. The maximum atomic E-state index is 10.9. The van der Waals surface area contributed by atoms with Crippen LogP contribution in [0.1, 0.15) is 19.3 Å². The minimum absolute atomic E-state index is 0.249. The molecule has 3 heteroatoms. The second kappa shape index (κ2) is 4.15. The molecule has 1 aliphatic carbocycles. The summed E-state index contributed by atoms with van der Waals surface area (Å²) in [5.41, 5.74) is -0.249. The first-order valence-electron chi connectivity index (χ1n) is 4.80. The van der Waals surface area contributed by atoms with Gasteiger partial charge in [0.05, 0.1) is 5.54 Å². The van der Waals surface area contributed by atoms with E-state index >= 15 is 0 Å². The van der Waals surface area contributed by atoms with Gasteiger partial charge in [-0.2, -0.15) is 0 Å². The third-order valence-electron chi connectivity index (χ3n) is 2.59. The van der Waals surface area contributed by atoms with Crippen LogP contribution >= 0.6 is 11.9 Å². The van der Waals surface area contributed by atoms with E-state index in [1.165, 1.54) is 0 Å². The monoisotopic (exact) mass is 207 g/mol. The molecule has 2 nitrogen and oxygen atoms in total. The number of benzene rings is 1. The van der Waals surface area contributed by atoms with Crippen molar-refractivity contribution in [2.24, 2.45) is 0 Å². The van der Waals surface area contributed by atoms with Crippen LogP contribution in [0.15, 0.2) is 35.2 Å². The summed E-state index contributed by atoms with van der Waals surface area (Å²) in [6.45, 7) is 0. The number of rotatable bonds is 4. The molecule has 1 N–H and O–H groups in total. The fraction of sp³-hybridized carbons (Fsp3) is 0.364. The fourth-order valence-corrected chi connectivity index (χ4v) is 2.32. The van der Waals surface area contributed by atoms with Gasteiger partial charge in [0.2, 0.25) is 0 Å². The molecule has 0 bridgehead atoms. The maximum absolute atomic E-state index is 10.9. The van der Waals surface area contributed by atoms with Crippen molar-refractivity contribution in [1.82, 2.24) is 4.72 Å². The van der Waals surface area contributed by atoms with Gasteiger partial charge in [0.1, 0.15) is 6.29 Å². The van der Waals surface area contributed by atoms with E-state index in [2.05, 4.69) is 4.72 Å². The number of nitrogens with one attached hydrogen (secondary N) is 1. The first-order valence-corrected chi connectivity index (χ1v) is 5.62. The number of carbonyl (C=O) groups is 1. The van der Waals surface area contributed by atoms with E-state index < -0.39 is 0 Å². The normalized spacial score (nSPS) is 18.6. The summed E-state index contributed by atoms with van der Waals surface area (Å²) >= 11 is 1.55. The van der Waals surface area contributed by atoms with Crippen LogP contribution in [0, 0.1) is 0 Å². The highest BCUT2D eigenvalue weighted by Crippen LogP contribution is 2.32. The average molecular weight is 207 g/mol. The Morgan fingerprint density at radius 2 is 2.00 bits per heavy atom. The SMILES string of the molecule is O=CC1(NSc2ccccc2)CCC1. The Kier molecular flexibility index (Phi) is 2.89. The van der Waals surface area contributed by atoms with Crippen LogP contribution in [0.25, 0.3) is 0 Å². The molecule has 0 spiro atoms. The van der Waals surface area contributed by atoms with Crippen LogP contribution in [0.5, 0.6) is 0 Å². The lowest BCUT2D eigenvalue weighted by molar-refractivity contribution is -0.115. The zero-order chi connectivity index (χ0) is 9.86. The molecule has 0 saturated heterocycles. The number of aldehydes is 1. The summed E-state index contributed by atoms with van der Waals surface area (Å²) in [5.74, 6) is 0. The van der Waals surface area contributed by atoms with Gasteiger partial charge >= 0.3 is 0 Å². The average Bonchev–Trinajstić information content (AvgIpc) is 2.19. The van der Waals surface area contributed by atoms with Crippen molar-refractivity contribution < 1.29 is 4.79 Å². The third-order valence-corrected chi connectivity index (χ3v) is 3.60. The Bertz CT molecular complexity index is 308. The summed E-state index contributed by atoms with van der Waals surface area (Å²) < 4.78 is 3.25. The van der Waals surface area contributed by atoms with Gasteiger partial charge in [-0.25, -0.2) is 4.72 Å². The molecule has 1 aromatic rings. The quantitative estimate of drug-likeness (QED) is 0.607. The Morgan fingerprint density at radius 3 is 2.50 bits per heavy atom. The molecular formula is C11H13NOS. The smallest absolute Gasteiger partial charge is 0.140 e. The molecule has 14 heavy (non-hydrogen) atoms. The zero-order valence-electron chi connectivity index (χ0n) is 7.90. The highest BCUT2D eigenvalue weighted by atomic mass is 32.2. The summed E-state index contributed by atoms with van der Waals surface area (Å²) in [6, 6.07) is 10.1. The molecule has 0 radical (unpaired) electrons. The van der Waals surface area contributed by atoms with E-state index in [0.717, 1.165) is 30.4 Å². The highest BCUT2D eigenvalue weighted by Gasteiger charge is 2.36. The molecule has 0 aliphatic heterocycles. The molecule has 0 heterocycles. The summed E-state index contributed by atoms with van der Waals surface area (Å²) in [6.07, 6.45) is 4.14. The Balaban J connectivity index is 1.91. The van der Waals surface area contributed by atoms with Gasteiger partial charge in [-0.1, -0.05) is 18.2 Å². The topological polar surface area (TPSA) is 29.1 Å². The van der Waals surface area contributed by atoms with Gasteiger partial charge in [0, 0.05) is 4.90 Å². The first-order chi connectivity index (χ1) is 6.85. The molecule has 2 rings (SSSR count). The van der Waals surface area contributed by atoms with E-state index in [-0.39, 0.29) is 5.54 Å². The van der Waals surface area contributed by atoms with Gasteiger partial charge in [-0.15, -0.1) is 0 Å². The molecule has 1 aliphatic rings. The Labute approximate surface area is 88.2 Å². The lowest BCUT2D eigenvalue weighted by Crippen LogP contribution is -2.49. The molecule has 0 amide bonds. The van der Waals surface area contributed by atoms with Crippen LogP contribution in [-0.4, -0.2) is 11.8 Å². The van der Waals surface area contributed by atoms with Crippen molar-refractivity contribution >= 4 is 18.2 Å². The van der Waals surface area contributed by atoms with Crippen molar-refractivity contribution in [2.75, 3.05) is 0 Å². The van der Waals surface area contributed by atoms with Gasteiger partial charge in [0.25, 0.3) is 0 Å². The van der Waals surface area contributed by atoms with Gasteiger partial charge in [-0.3, -0.25) is 0 Å². The van der Waals surface area contributed by atoms with Crippen LogP contribution in [-0.2, 0) is 4.79 Å². The first kappa shape index (κ1) is 9.74. The van der Waals surface area contributed by atoms with Gasteiger partial charge in [-0.05, 0) is 43.3 Å². The number of hydrogen-bond donors (Lipinski definition) is 1. The van der Waals surface area contributed by atoms with Gasteiger partial charge < -0.3 is 4.79 Å². The minimum Gasteiger partial charge on any atom is -0.301 e. The van der Waals surface area contributed by atoms with Crippen molar-refractivity contribution in [1.29, 1.82) is 0 Å². The largest absolute Gasteiger partial charge is 0.301 e. The number of hydrogen-bond acceptors (Lipinski definition) is 3. The van der Waals surface area contributed by atoms with Crippen LogP contribution in [0.4, 0.5) is 0 Å². The van der Waals surface area contributed by atoms with E-state index in [0.29, 0.717) is 0 Å². The molecule has 1 saturated carbocycles. The second-order valence-corrected chi connectivity index (χ2v) is 4.52. The van der Waals surface area contributed by atoms with E-state index in [1.807, 2.05) is 30.3 Å². The molecule has 1 aromatic carbocycles. The van der Waals surface area contributed by atoms with E-state index in [1.54, 1.807) is 11.9 Å². The van der Waals surface area contributed by atoms with Crippen LogP contribution in [0.2, 0.25) is 0 Å². The predicted molar refractivity (Wildman–Crippen MR) is 58.1 cm³/mol. The van der Waals surface area contributed by atoms with Crippen LogP contribution in [0.3, 0.4) is 0 Å². The van der Waals surface area contributed by atoms with Crippen molar-refractivity contribution in [3.63, 3.8) is 0 Å². The van der Waals surface area contributed by atoms with Crippen molar-refractivity contribution in [3.8, 4) is 0 Å². The second-order valence-electron chi connectivity index (χ2n) is 3.64. The molecular weight excluding hydrogens is 194 g/mol. The predicted octanol–water partition coefficient (Wildman–Crippen LogP) is 2.40. The lowest BCUT2D eigenvalue weighted by atomic mass is 9.79.